The van der Waals surface area contributed by atoms with Gasteiger partial charge in [-0.1, -0.05) is 13.8 Å². The fourth-order valence-corrected chi connectivity index (χ4v) is 2.72. The number of benzene rings is 1. The van der Waals surface area contributed by atoms with Crippen molar-refractivity contribution in [2.45, 2.75) is 45.3 Å². The third-order valence-corrected chi connectivity index (χ3v) is 3.80. The molecule has 1 unspecified atom stereocenters. The Morgan fingerprint density at radius 2 is 2.05 bits per heavy atom. The summed E-state index contributed by atoms with van der Waals surface area (Å²) in [6.45, 7) is 4.35. The van der Waals surface area contributed by atoms with Gasteiger partial charge in [0.1, 0.15) is 6.07 Å². The van der Waals surface area contributed by atoms with E-state index in [9.17, 15) is 13.2 Å². The predicted octanol–water partition coefficient (Wildman–Crippen LogP) is 4.57. The zero-order chi connectivity index (χ0) is 15.0. The van der Waals surface area contributed by atoms with E-state index in [1.54, 1.807) is 0 Å². The Morgan fingerprint density at radius 3 is 2.55 bits per heavy atom. The van der Waals surface area contributed by atoms with E-state index >= 15 is 0 Å². The van der Waals surface area contributed by atoms with E-state index in [-0.39, 0.29) is 17.0 Å². The van der Waals surface area contributed by atoms with Crippen molar-refractivity contribution in [1.29, 1.82) is 5.26 Å². The number of halogens is 3. The Hall–Kier alpha value is -1.70. The monoisotopic (exact) mass is 282 g/mol. The number of anilines is 1. The molecule has 1 N–H and O–H groups in total. The van der Waals surface area contributed by atoms with Crippen LogP contribution in [-0.2, 0) is 6.18 Å². The molecule has 5 heteroatoms. The third kappa shape index (κ3) is 3.24. The minimum atomic E-state index is -4.42. The summed E-state index contributed by atoms with van der Waals surface area (Å²) < 4.78 is 37.8. The molecule has 0 spiro atoms. The highest BCUT2D eigenvalue weighted by molar-refractivity contribution is 5.59. The molecular weight excluding hydrogens is 265 g/mol. The van der Waals surface area contributed by atoms with Crippen molar-refractivity contribution in [3.63, 3.8) is 0 Å². The molecular formula is C15H17F3N2. The van der Waals surface area contributed by atoms with Crippen LogP contribution in [0, 0.1) is 16.7 Å². The molecule has 0 aromatic heterocycles. The first-order chi connectivity index (χ1) is 9.21. The Bertz CT molecular complexity index is 541. The fourth-order valence-electron chi connectivity index (χ4n) is 2.72. The molecule has 2 nitrogen and oxygen atoms in total. The van der Waals surface area contributed by atoms with Crippen molar-refractivity contribution in [1.82, 2.24) is 0 Å². The molecule has 20 heavy (non-hydrogen) atoms. The van der Waals surface area contributed by atoms with E-state index in [1.165, 1.54) is 6.07 Å². The summed E-state index contributed by atoms with van der Waals surface area (Å²) in [5, 5.41) is 12.2. The first kappa shape index (κ1) is 14.7. The van der Waals surface area contributed by atoms with E-state index in [0.29, 0.717) is 5.69 Å². The van der Waals surface area contributed by atoms with Crippen molar-refractivity contribution in [3.8, 4) is 6.07 Å². The quantitative estimate of drug-likeness (QED) is 0.862. The molecule has 1 fully saturated rings. The van der Waals surface area contributed by atoms with Gasteiger partial charge in [-0.25, -0.2) is 0 Å². The Morgan fingerprint density at radius 1 is 1.35 bits per heavy atom. The Balaban J connectivity index is 2.19. The number of nitrogens with zero attached hydrogens (tertiary/aromatic N) is 1. The maximum atomic E-state index is 12.6. The third-order valence-electron chi connectivity index (χ3n) is 3.80. The minimum absolute atomic E-state index is 0.0459. The molecule has 2 rings (SSSR count). The predicted molar refractivity (Wildman–Crippen MR) is 71.2 cm³/mol. The largest absolute Gasteiger partial charge is 0.416 e. The molecule has 1 aromatic carbocycles. The second-order valence-electron chi connectivity index (χ2n) is 6.12. The SMILES string of the molecule is CC1(C)CCC(Nc2ccc(C(F)(F)F)cc2C#N)C1. The average Bonchev–Trinajstić information content (AvgIpc) is 2.68. The van der Waals surface area contributed by atoms with E-state index < -0.39 is 11.7 Å². The molecule has 108 valence electrons. The van der Waals surface area contributed by atoms with Crippen LogP contribution >= 0.6 is 0 Å². The van der Waals surface area contributed by atoms with Gasteiger partial charge in [0.25, 0.3) is 0 Å². The maximum absolute atomic E-state index is 12.6. The van der Waals surface area contributed by atoms with Crippen LogP contribution in [0.25, 0.3) is 0 Å². The van der Waals surface area contributed by atoms with Crippen LogP contribution in [0.2, 0.25) is 0 Å². The number of hydrogen-bond acceptors (Lipinski definition) is 2. The van der Waals surface area contributed by atoms with Gasteiger partial charge in [-0.2, -0.15) is 18.4 Å². The molecule has 0 amide bonds. The lowest BCUT2D eigenvalue weighted by molar-refractivity contribution is -0.137. The van der Waals surface area contributed by atoms with Crippen LogP contribution in [0.3, 0.4) is 0 Å². The molecule has 1 aliphatic rings. The van der Waals surface area contributed by atoms with Crippen LogP contribution in [0.4, 0.5) is 18.9 Å². The molecule has 1 aliphatic carbocycles. The van der Waals surface area contributed by atoms with Gasteiger partial charge in [-0.3, -0.25) is 0 Å². The lowest BCUT2D eigenvalue weighted by atomic mass is 9.92. The van der Waals surface area contributed by atoms with Gasteiger partial charge in [0.2, 0.25) is 0 Å². The van der Waals surface area contributed by atoms with Gasteiger partial charge in [-0.15, -0.1) is 0 Å². The van der Waals surface area contributed by atoms with Gasteiger partial charge in [0.05, 0.1) is 16.8 Å². The highest BCUT2D eigenvalue weighted by Gasteiger charge is 2.33. The van der Waals surface area contributed by atoms with Crippen molar-refractivity contribution in [2.24, 2.45) is 5.41 Å². The van der Waals surface area contributed by atoms with Crippen molar-refractivity contribution in [3.05, 3.63) is 29.3 Å². The summed E-state index contributed by atoms with van der Waals surface area (Å²) in [6.07, 6.45) is -1.41. The van der Waals surface area contributed by atoms with E-state index in [4.69, 9.17) is 5.26 Å². The lowest BCUT2D eigenvalue weighted by Gasteiger charge is -2.19. The molecule has 0 radical (unpaired) electrons. The number of nitriles is 1. The topological polar surface area (TPSA) is 35.8 Å². The van der Waals surface area contributed by atoms with E-state index in [2.05, 4.69) is 19.2 Å². The van der Waals surface area contributed by atoms with Crippen molar-refractivity contribution >= 4 is 5.69 Å². The molecule has 0 aliphatic heterocycles. The second kappa shape index (κ2) is 5.01. The summed E-state index contributed by atoms with van der Waals surface area (Å²) in [4.78, 5) is 0. The summed E-state index contributed by atoms with van der Waals surface area (Å²) in [7, 11) is 0. The van der Waals surface area contributed by atoms with Crippen molar-refractivity contribution in [2.75, 3.05) is 5.32 Å². The van der Waals surface area contributed by atoms with Gasteiger partial charge in [0, 0.05) is 6.04 Å². The number of alkyl halides is 3. The molecule has 0 saturated heterocycles. The smallest absolute Gasteiger partial charge is 0.381 e. The molecule has 0 heterocycles. The fraction of sp³-hybridized carbons (Fsp3) is 0.533. The highest BCUT2D eigenvalue weighted by Crippen LogP contribution is 2.39. The van der Waals surface area contributed by atoms with Crippen LogP contribution in [0.5, 0.6) is 0 Å². The highest BCUT2D eigenvalue weighted by atomic mass is 19.4. The van der Waals surface area contributed by atoms with Crippen LogP contribution in [0.15, 0.2) is 18.2 Å². The first-order valence-corrected chi connectivity index (χ1v) is 6.59. The summed E-state index contributed by atoms with van der Waals surface area (Å²) in [6, 6.07) is 5.33. The minimum Gasteiger partial charge on any atom is -0.381 e. The Kier molecular flexibility index (Phi) is 3.68. The number of nitrogens with one attached hydrogen (secondary N) is 1. The van der Waals surface area contributed by atoms with Gasteiger partial charge >= 0.3 is 6.18 Å². The standard InChI is InChI=1S/C15H17F3N2/c1-14(2)6-5-12(8-14)20-13-4-3-11(15(16,17)18)7-10(13)9-19/h3-4,7,12,20H,5-6,8H2,1-2H3. The molecule has 1 aromatic rings. The van der Waals surface area contributed by atoms with Crippen molar-refractivity contribution < 1.29 is 13.2 Å². The maximum Gasteiger partial charge on any atom is 0.416 e. The first-order valence-electron chi connectivity index (χ1n) is 6.59. The average molecular weight is 282 g/mol. The molecule has 0 bridgehead atoms. The zero-order valence-electron chi connectivity index (χ0n) is 11.5. The van der Waals surface area contributed by atoms with Crippen LogP contribution in [0.1, 0.15) is 44.2 Å². The van der Waals surface area contributed by atoms with Crippen LogP contribution < -0.4 is 5.32 Å². The summed E-state index contributed by atoms with van der Waals surface area (Å²) >= 11 is 0. The lowest BCUT2D eigenvalue weighted by Crippen LogP contribution is -2.18. The molecule has 1 atom stereocenters. The van der Waals surface area contributed by atoms with Crippen LogP contribution in [-0.4, -0.2) is 6.04 Å². The van der Waals surface area contributed by atoms with Gasteiger partial charge in [0.15, 0.2) is 0 Å². The normalized spacial score (nSPS) is 21.5. The molecule has 1 saturated carbocycles. The van der Waals surface area contributed by atoms with E-state index in [0.717, 1.165) is 31.4 Å². The summed E-state index contributed by atoms with van der Waals surface area (Å²) in [5.41, 5.74) is -0.00444. The van der Waals surface area contributed by atoms with E-state index in [1.807, 2.05) is 6.07 Å². The van der Waals surface area contributed by atoms with Gasteiger partial charge in [-0.05, 0) is 42.9 Å². The zero-order valence-corrected chi connectivity index (χ0v) is 11.5. The second-order valence-corrected chi connectivity index (χ2v) is 6.12. The Labute approximate surface area is 116 Å². The summed E-state index contributed by atoms with van der Waals surface area (Å²) in [5.74, 6) is 0. The van der Waals surface area contributed by atoms with Gasteiger partial charge < -0.3 is 5.32 Å². The number of hydrogen-bond donors (Lipinski definition) is 1. The number of rotatable bonds is 2.